The van der Waals surface area contributed by atoms with E-state index < -0.39 is 0 Å². The molecule has 5 nitrogen and oxygen atoms in total. The highest BCUT2D eigenvalue weighted by atomic mass is 32.1. The lowest BCUT2D eigenvalue weighted by Crippen LogP contribution is -2.13. The Hall–Kier alpha value is -2.60. The topological polar surface area (TPSA) is 64.3 Å². The molecule has 21 heavy (non-hydrogen) atoms. The van der Waals surface area contributed by atoms with E-state index >= 15 is 0 Å². The third kappa shape index (κ3) is 2.66. The summed E-state index contributed by atoms with van der Waals surface area (Å²) in [6.07, 6.45) is 1.73. The monoisotopic (exact) mass is 300 g/mol. The molecule has 0 aliphatic carbocycles. The number of ether oxygens (including phenoxy) is 1. The van der Waals surface area contributed by atoms with Crippen molar-refractivity contribution >= 4 is 11.3 Å². The van der Waals surface area contributed by atoms with Crippen LogP contribution in [0.4, 0.5) is 0 Å². The summed E-state index contributed by atoms with van der Waals surface area (Å²) in [5.74, 6) is 0.798. The predicted octanol–water partition coefficient (Wildman–Crippen LogP) is 3.01. The SMILES string of the molecule is Cn1cc(-c2scnc2Oc2ccccc2O)ccc1=O. The second-order valence-electron chi connectivity index (χ2n) is 4.42. The molecule has 0 aliphatic rings. The number of nitrogens with zero attached hydrogens (tertiary/aromatic N) is 2. The van der Waals surface area contributed by atoms with Gasteiger partial charge in [-0.2, -0.15) is 0 Å². The molecule has 0 radical (unpaired) electrons. The van der Waals surface area contributed by atoms with Gasteiger partial charge < -0.3 is 14.4 Å². The van der Waals surface area contributed by atoms with Gasteiger partial charge in [0.2, 0.25) is 11.4 Å². The van der Waals surface area contributed by atoms with Crippen molar-refractivity contribution in [3.05, 3.63) is 58.5 Å². The molecule has 2 heterocycles. The molecule has 1 aromatic carbocycles. The Kier molecular flexibility index (Phi) is 3.45. The number of para-hydroxylation sites is 2. The molecule has 1 N–H and O–H groups in total. The van der Waals surface area contributed by atoms with Crippen LogP contribution in [0.1, 0.15) is 0 Å². The molecule has 0 aliphatic heterocycles. The van der Waals surface area contributed by atoms with Crippen LogP contribution in [0.5, 0.6) is 17.4 Å². The molecule has 0 amide bonds. The van der Waals surface area contributed by atoms with Crippen molar-refractivity contribution in [3.8, 4) is 27.8 Å². The lowest BCUT2D eigenvalue weighted by atomic mass is 10.2. The van der Waals surface area contributed by atoms with E-state index in [9.17, 15) is 9.90 Å². The van der Waals surface area contributed by atoms with Crippen molar-refractivity contribution in [3.63, 3.8) is 0 Å². The van der Waals surface area contributed by atoms with E-state index in [4.69, 9.17) is 4.74 Å². The number of benzene rings is 1. The van der Waals surface area contributed by atoms with Crippen LogP contribution in [0, 0.1) is 0 Å². The quantitative estimate of drug-likeness (QED) is 0.807. The smallest absolute Gasteiger partial charge is 0.250 e. The van der Waals surface area contributed by atoms with E-state index in [1.165, 1.54) is 22.0 Å². The van der Waals surface area contributed by atoms with Gasteiger partial charge in [-0.3, -0.25) is 4.79 Å². The first kappa shape index (κ1) is 13.4. The van der Waals surface area contributed by atoms with Gasteiger partial charge in [0.1, 0.15) is 0 Å². The average molecular weight is 300 g/mol. The summed E-state index contributed by atoms with van der Waals surface area (Å²) in [6.45, 7) is 0. The van der Waals surface area contributed by atoms with Crippen LogP contribution >= 0.6 is 11.3 Å². The largest absolute Gasteiger partial charge is 0.504 e. The zero-order chi connectivity index (χ0) is 14.8. The Morgan fingerprint density at radius 3 is 2.81 bits per heavy atom. The van der Waals surface area contributed by atoms with Gasteiger partial charge >= 0.3 is 0 Å². The number of phenols is 1. The molecule has 3 aromatic rings. The Morgan fingerprint density at radius 1 is 1.24 bits per heavy atom. The second-order valence-corrected chi connectivity index (χ2v) is 5.28. The van der Waals surface area contributed by atoms with E-state index in [1.54, 1.807) is 49.1 Å². The third-order valence-electron chi connectivity index (χ3n) is 2.95. The molecule has 0 unspecified atom stereocenters. The summed E-state index contributed by atoms with van der Waals surface area (Å²) < 4.78 is 7.17. The molecular weight excluding hydrogens is 288 g/mol. The minimum Gasteiger partial charge on any atom is -0.504 e. The Labute approximate surface area is 124 Å². The minimum atomic E-state index is -0.0774. The average Bonchev–Trinajstić information content (AvgIpc) is 2.93. The molecule has 0 saturated heterocycles. The van der Waals surface area contributed by atoms with Gasteiger partial charge in [0.05, 0.1) is 10.4 Å². The lowest BCUT2D eigenvalue weighted by Gasteiger charge is -2.07. The van der Waals surface area contributed by atoms with Gasteiger partial charge in [-0.25, -0.2) is 4.98 Å². The second kappa shape index (κ2) is 5.41. The molecule has 2 aromatic heterocycles. The Morgan fingerprint density at radius 2 is 2.05 bits per heavy atom. The van der Waals surface area contributed by atoms with Crippen molar-refractivity contribution in [1.29, 1.82) is 0 Å². The van der Waals surface area contributed by atoms with Gasteiger partial charge in [-0.1, -0.05) is 12.1 Å². The third-order valence-corrected chi connectivity index (χ3v) is 3.81. The van der Waals surface area contributed by atoms with Gasteiger partial charge in [0.25, 0.3) is 0 Å². The van der Waals surface area contributed by atoms with Crippen LogP contribution in [-0.4, -0.2) is 14.7 Å². The fraction of sp³-hybridized carbons (Fsp3) is 0.0667. The number of thiazole rings is 1. The van der Waals surface area contributed by atoms with Crippen molar-refractivity contribution in [2.24, 2.45) is 7.05 Å². The number of rotatable bonds is 3. The van der Waals surface area contributed by atoms with Gasteiger partial charge in [0.15, 0.2) is 11.5 Å². The van der Waals surface area contributed by atoms with E-state index in [0.717, 1.165) is 10.4 Å². The first-order valence-corrected chi connectivity index (χ1v) is 7.09. The van der Waals surface area contributed by atoms with Crippen LogP contribution in [0.2, 0.25) is 0 Å². The molecular formula is C15H12N2O3S. The number of hydrogen-bond acceptors (Lipinski definition) is 5. The summed E-state index contributed by atoms with van der Waals surface area (Å²) in [6, 6.07) is 9.93. The number of hydrogen-bond donors (Lipinski definition) is 1. The van der Waals surface area contributed by atoms with Crippen molar-refractivity contribution in [1.82, 2.24) is 9.55 Å². The number of pyridine rings is 1. The molecule has 0 saturated carbocycles. The molecule has 0 spiro atoms. The van der Waals surface area contributed by atoms with Gasteiger partial charge in [-0.05, 0) is 18.2 Å². The summed E-state index contributed by atoms with van der Waals surface area (Å²) in [5.41, 5.74) is 2.42. The van der Waals surface area contributed by atoms with Crippen LogP contribution < -0.4 is 10.3 Å². The normalized spacial score (nSPS) is 10.5. The maximum absolute atomic E-state index is 11.4. The van der Waals surface area contributed by atoms with Crippen LogP contribution in [0.25, 0.3) is 10.4 Å². The fourth-order valence-electron chi connectivity index (χ4n) is 1.88. The van der Waals surface area contributed by atoms with Crippen LogP contribution in [-0.2, 0) is 7.05 Å². The molecule has 106 valence electrons. The summed E-state index contributed by atoms with van der Waals surface area (Å²) in [5, 5.41) is 9.76. The van der Waals surface area contributed by atoms with Crippen molar-refractivity contribution in [2.75, 3.05) is 0 Å². The summed E-state index contributed by atoms with van der Waals surface area (Å²) in [7, 11) is 1.69. The molecule has 0 bridgehead atoms. The summed E-state index contributed by atoms with van der Waals surface area (Å²) in [4.78, 5) is 16.4. The molecule has 0 fully saturated rings. The van der Waals surface area contributed by atoms with Crippen LogP contribution in [0.3, 0.4) is 0 Å². The van der Waals surface area contributed by atoms with Crippen LogP contribution in [0.15, 0.2) is 52.9 Å². The highest BCUT2D eigenvalue weighted by molar-refractivity contribution is 7.13. The number of aromatic nitrogens is 2. The summed E-state index contributed by atoms with van der Waals surface area (Å²) >= 11 is 1.41. The van der Waals surface area contributed by atoms with Crippen molar-refractivity contribution < 1.29 is 9.84 Å². The van der Waals surface area contributed by atoms with E-state index in [-0.39, 0.29) is 11.3 Å². The lowest BCUT2D eigenvalue weighted by molar-refractivity contribution is 0.405. The molecule has 6 heteroatoms. The Balaban J connectivity index is 1.99. The van der Waals surface area contributed by atoms with Crippen molar-refractivity contribution in [2.45, 2.75) is 0 Å². The highest BCUT2D eigenvalue weighted by Gasteiger charge is 2.13. The fourth-order valence-corrected chi connectivity index (χ4v) is 2.58. The maximum atomic E-state index is 11.4. The minimum absolute atomic E-state index is 0.0527. The zero-order valence-corrected chi connectivity index (χ0v) is 12.0. The predicted molar refractivity (Wildman–Crippen MR) is 81.0 cm³/mol. The van der Waals surface area contributed by atoms with E-state index in [0.29, 0.717) is 11.6 Å². The highest BCUT2D eigenvalue weighted by Crippen LogP contribution is 2.37. The first-order chi connectivity index (χ1) is 10.1. The van der Waals surface area contributed by atoms with E-state index in [2.05, 4.69) is 4.98 Å². The Bertz CT molecular complexity index is 839. The number of aromatic hydroxyl groups is 1. The maximum Gasteiger partial charge on any atom is 0.250 e. The van der Waals surface area contributed by atoms with Gasteiger partial charge in [-0.15, -0.1) is 11.3 Å². The standard InChI is InChI=1S/C15H12N2O3S/c1-17-8-10(6-7-13(17)19)14-15(16-9-21-14)20-12-5-3-2-4-11(12)18/h2-9,18H,1H3. The zero-order valence-electron chi connectivity index (χ0n) is 11.2. The molecule has 0 atom stereocenters. The number of phenolic OH excluding ortho intramolecular Hbond substituents is 1. The first-order valence-electron chi connectivity index (χ1n) is 6.21. The van der Waals surface area contributed by atoms with E-state index in [1.807, 2.05) is 0 Å². The van der Waals surface area contributed by atoms with Gasteiger partial charge in [0, 0.05) is 24.9 Å². The number of aryl methyl sites for hydroxylation is 1. The molecule has 3 rings (SSSR count).